The molecular weight excluding hydrogens is 464 g/mol. The van der Waals surface area contributed by atoms with E-state index in [9.17, 15) is 0 Å². The summed E-state index contributed by atoms with van der Waals surface area (Å²) in [5.74, 6) is 0.623. The summed E-state index contributed by atoms with van der Waals surface area (Å²) in [6, 6.07) is 7.39. The van der Waals surface area contributed by atoms with Gasteiger partial charge >= 0.3 is 205 Å². The average Bonchev–Trinajstić information content (AvgIpc) is 3.27. The van der Waals surface area contributed by atoms with E-state index in [1.807, 2.05) is 0 Å². The van der Waals surface area contributed by atoms with Crippen LogP contribution in [0.4, 0.5) is 0 Å². The summed E-state index contributed by atoms with van der Waals surface area (Å²) in [4.78, 5) is 0. The molecule has 32 heavy (non-hydrogen) atoms. The Bertz CT molecular complexity index is 1200. The first-order chi connectivity index (χ1) is 14.9. The van der Waals surface area contributed by atoms with Crippen LogP contribution in [0.25, 0.3) is 11.1 Å². The van der Waals surface area contributed by atoms with Gasteiger partial charge in [-0.25, -0.2) is 0 Å². The zero-order valence-electron chi connectivity index (χ0n) is 21.9. The van der Waals surface area contributed by atoms with Gasteiger partial charge in [0.05, 0.1) is 0 Å². The van der Waals surface area contributed by atoms with Crippen molar-refractivity contribution in [1.82, 2.24) is 0 Å². The van der Waals surface area contributed by atoms with E-state index < -0.39 is 21.3 Å². The number of aryl methyl sites for hydroxylation is 3. The third-order valence-electron chi connectivity index (χ3n) is 7.77. The Morgan fingerprint density at radius 2 is 1.56 bits per heavy atom. The van der Waals surface area contributed by atoms with E-state index >= 15 is 0 Å². The number of rotatable bonds is 3. The summed E-state index contributed by atoms with van der Waals surface area (Å²) in [5.41, 5.74) is 13.9. The first-order valence-electron chi connectivity index (χ1n) is 12.3. The minimum absolute atomic E-state index is 0.222. The molecule has 2 aromatic rings. The molecule has 0 aliphatic heterocycles. The molecule has 0 bridgehead atoms. The fourth-order valence-corrected chi connectivity index (χ4v) is 14.0. The summed E-state index contributed by atoms with van der Waals surface area (Å²) < 4.78 is 5.29. The number of hydrogen-bond acceptors (Lipinski definition) is 0. The van der Waals surface area contributed by atoms with E-state index in [1.165, 1.54) is 39.8 Å². The molecule has 0 fully saturated rings. The van der Waals surface area contributed by atoms with Gasteiger partial charge in [0.1, 0.15) is 0 Å². The standard InChI is InChI=1S/C17H17.C11H17.C3H6.Zr/c1-10-5-14-9-15-6-11(2)13(4)8-17(15)16(14)7-12(10)3;1-5-9-6-7-10(8-9)11(2,3)4;1-3-2;/h5,7-8H,9H2,1-4H3;7-9H,5H2,1-4H3;1-2H3;. The van der Waals surface area contributed by atoms with Crippen LogP contribution in [0.1, 0.15) is 81.3 Å². The molecule has 168 valence electrons. The Morgan fingerprint density at radius 3 is 2.16 bits per heavy atom. The van der Waals surface area contributed by atoms with Crippen LogP contribution in [0, 0.1) is 39.0 Å². The molecule has 2 aromatic carbocycles. The van der Waals surface area contributed by atoms with Crippen molar-refractivity contribution >= 4 is 6.48 Å². The number of benzene rings is 2. The summed E-state index contributed by atoms with van der Waals surface area (Å²) in [6.07, 6.45) is 7.57. The number of hydrogen-bond donors (Lipinski definition) is 0. The summed E-state index contributed by atoms with van der Waals surface area (Å²) in [7, 11) is 0. The second-order valence-electron chi connectivity index (χ2n) is 11.4. The Labute approximate surface area is 204 Å². The van der Waals surface area contributed by atoms with E-state index in [2.05, 4.69) is 99.6 Å². The van der Waals surface area contributed by atoms with Crippen molar-refractivity contribution in [2.24, 2.45) is 11.3 Å². The number of fused-ring (bicyclic) bond motifs is 3. The van der Waals surface area contributed by atoms with Gasteiger partial charge in [0.2, 0.25) is 0 Å². The minimum atomic E-state index is -2.21. The predicted octanol–water partition coefficient (Wildman–Crippen LogP) is 7.84. The Kier molecular flexibility index (Phi) is 6.30. The molecule has 2 aliphatic carbocycles. The Morgan fingerprint density at radius 1 is 0.938 bits per heavy atom. The predicted molar refractivity (Wildman–Crippen MR) is 139 cm³/mol. The molecule has 0 aromatic heterocycles. The van der Waals surface area contributed by atoms with Crippen LogP contribution in [0.5, 0.6) is 0 Å². The van der Waals surface area contributed by atoms with Gasteiger partial charge in [0.25, 0.3) is 0 Å². The molecule has 0 saturated carbocycles. The first kappa shape index (κ1) is 23.8. The molecule has 1 unspecified atom stereocenters. The van der Waals surface area contributed by atoms with Gasteiger partial charge in [0, 0.05) is 0 Å². The summed E-state index contributed by atoms with van der Waals surface area (Å²) >= 11 is -2.21. The van der Waals surface area contributed by atoms with Gasteiger partial charge in [-0.2, -0.15) is 0 Å². The van der Waals surface area contributed by atoms with E-state index in [0.717, 1.165) is 6.42 Å². The van der Waals surface area contributed by atoms with Crippen LogP contribution >= 0.6 is 0 Å². The molecule has 0 heterocycles. The second-order valence-corrected chi connectivity index (χ2v) is 18.3. The number of allylic oxidation sites excluding steroid dienone is 4. The molecule has 2 aliphatic rings. The molecule has 0 radical (unpaired) electrons. The fourth-order valence-electron chi connectivity index (χ4n) is 5.57. The van der Waals surface area contributed by atoms with Crippen LogP contribution < -0.4 is 3.27 Å². The zero-order chi connectivity index (χ0) is 23.5. The van der Waals surface area contributed by atoms with Gasteiger partial charge in [-0.1, -0.05) is 0 Å². The van der Waals surface area contributed by atoms with Crippen molar-refractivity contribution in [1.29, 1.82) is 0 Å². The SMILES string of the molecule is CCC1C=C(C(C)(C)C)C=[C]1[Zr](=[C](C)C)[c]1c(C)c(C)cc2c1Cc1cc(C)c(C)cc1-2. The van der Waals surface area contributed by atoms with Crippen molar-refractivity contribution in [2.75, 3.05) is 0 Å². The van der Waals surface area contributed by atoms with Gasteiger partial charge in [-0.15, -0.1) is 0 Å². The quantitative estimate of drug-likeness (QED) is 0.341. The van der Waals surface area contributed by atoms with Crippen LogP contribution in [-0.4, -0.2) is 3.21 Å². The molecule has 0 amide bonds. The molecule has 0 N–H and O–H groups in total. The van der Waals surface area contributed by atoms with E-state index in [0.29, 0.717) is 5.92 Å². The zero-order valence-corrected chi connectivity index (χ0v) is 24.3. The maximum atomic E-state index is 2.64. The first-order valence-corrected chi connectivity index (χ1v) is 16.0. The molecule has 4 rings (SSSR count). The molecular formula is C31H40Zr. The third kappa shape index (κ3) is 3.94. The maximum absolute atomic E-state index is 2.64. The van der Waals surface area contributed by atoms with Gasteiger partial charge < -0.3 is 0 Å². The van der Waals surface area contributed by atoms with E-state index in [-0.39, 0.29) is 5.41 Å². The molecule has 0 saturated heterocycles. The van der Waals surface area contributed by atoms with Crippen molar-refractivity contribution in [3.63, 3.8) is 0 Å². The van der Waals surface area contributed by atoms with Crippen molar-refractivity contribution < 1.29 is 21.3 Å². The van der Waals surface area contributed by atoms with E-state index in [4.69, 9.17) is 0 Å². The van der Waals surface area contributed by atoms with Gasteiger partial charge in [-0.3, -0.25) is 0 Å². The second kappa shape index (κ2) is 8.47. The summed E-state index contributed by atoms with van der Waals surface area (Å²) in [6.45, 7) is 23.6. The molecule has 0 spiro atoms. The third-order valence-corrected chi connectivity index (χ3v) is 15.8. The summed E-state index contributed by atoms with van der Waals surface area (Å²) in [5, 5.41) is 0. The average molecular weight is 504 g/mol. The van der Waals surface area contributed by atoms with Crippen molar-refractivity contribution in [3.05, 3.63) is 72.6 Å². The van der Waals surface area contributed by atoms with Crippen LogP contribution in [0.15, 0.2) is 39.2 Å². The van der Waals surface area contributed by atoms with Gasteiger partial charge in [0.15, 0.2) is 0 Å². The molecule has 1 heteroatoms. The molecule has 0 nitrogen and oxygen atoms in total. The van der Waals surface area contributed by atoms with Crippen LogP contribution in [-0.2, 0) is 27.7 Å². The normalized spacial score (nSPS) is 17.1. The topological polar surface area (TPSA) is 0 Å². The van der Waals surface area contributed by atoms with Crippen LogP contribution in [0.2, 0.25) is 0 Å². The fraction of sp³-hybridized carbons (Fsp3) is 0.452. The molecule has 1 atom stereocenters. The Hall–Kier alpha value is -1.33. The van der Waals surface area contributed by atoms with Crippen LogP contribution in [0.3, 0.4) is 0 Å². The van der Waals surface area contributed by atoms with Crippen molar-refractivity contribution in [2.45, 2.75) is 82.1 Å². The van der Waals surface area contributed by atoms with E-state index in [1.54, 1.807) is 26.5 Å². The monoisotopic (exact) mass is 502 g/mol. The Balaban J connectivity index is 1.97. The van der Waals surface area contributed by atoms with Gasteiger partial charge in [-0.05, 0) is 0 Å². The van der Waals surface area contributed by atoms with Crippen molar-refractivity contribution in [3.8, 4) is 11.1 Å².